The van der Waals surface area contributed by atoms with E-state index in [9.17, 15) is 4.39 Å². The molecule has 0 aliphatic carbocycles. The number of hydrogen-bond donors (Lipinski definition) is 0. The molecule has 14 heavy (non-hydrogen) atoms. The third-order valence-electron chi connectivity index (χ3n) is 2.31. The van der Waals surface area contributed by atoms with Crippen LogP contribution in [0.3, 0.4) is 0 Å². The molecule has 0 unspecified atom stereocenters. The fourth-order valence-corrected chi connectivity index (χ4v) is 1.73. The molecule has 0 heterocycles. The maximum Gasteiger partial charge on any atom is 0.124 e. The first-order chi connectivity index (χ1) is 6.74. The lowest BCUT2D eigenvalue weighted by Gasteiger charge is -2.03. The van der Waals surface area contributed by atoms with Crippen molar-refractivity contribution in [1.29, 1.82) is 0 Å². The van der Waals surface area contributed by atoms with Gasteiger partial charge in [-0.05, 0) is 30.5 Å². The van der Waals surface area contributed by atoms with Gasteiger partial charge in [0, 0.05) is 5.02 Å². The molecule has 0 saturated heterocycles. The number of rotatable bonds is 5. The minimum absolute atomic E-state index is 0.257. The van der Waals surface area contributed by atoms with Gasteiger partial charge in [0.05, 0.1) is 0 Å². The highest BCUT2D eigenvalue weighted by atomic mass is 35.5. The molecule has 0 aliphatic rings. The van der Waals surface area contributed by atoms with E-state index in [-0.39, 0.29) is 5.82 Å². The van der Waals surface area contributed by atoms with Crippen LogP contribution in [0, 0.1) is 5.82 Å². The summed E-state index contributed by atoms with van der Waals surface area (Å²) in [4.78, 5) is 0. The van der Waals surface area contributed by atoms with E-state index >= 15 is 0 Å². The summed E-state index contributed by atoms with van der Waals surface area (Å²) in [7, 11) is 0. The molecule has 0 radical (unpaired) electrons. The van der Waals surface area contributed by atoms with Crippen molar-refractivity contribution in [3.8, 4) is 0 Å². The van der Waals surface area contributed by atoms with Gasteiger partial charge in [0.1, 0.15) is 5.82 Å². The molecule has 0 nitrogen and oxygen atoms in total. The van der Waals surface area contributed by atoms with Gasteiger partial charge in [-0.1, -0.05) is 43.9 Å². The third-order valence-corrected chi connectivity index (χ3v) is 2.67. The number of halogens is 2. The summed E-state index contributed by atoms with van der Waals surface area (Å²) >= 11 is 5.90. The SMILES string of the molecule is CCCCCCc1ccc(F)cc1Cl. The first-order valence-electron chi connectivity index (χ1n) is 5.18. The van der Waals surface area contributed by atoms with Gasteiger partial charge in [-0.25, -0.2) is 4.39 Å². The maximum atomic E-state index is 12.7. The Labute approximate surface area is 90.1 Å². The van der Waals surface area contributed by atoms with Crippen molar-refractivity contribution in [3.63, 3.8) is 0 Å². The first kappa shape index (κ1) is 11.5. The van der Waals surface area contributed by atoms with Crippen LogP contribution in [-0.4, -0.2) is 0 Å². The second kappa shape index (κ2) is 6.02. The fraction of sp³-hybridized carbons (Fsp3) is 0.500. The van der Waals surface area contributed by atoms with Gasteiger partial charge < -0.3 is 0 Å². The number of unbranched alkanes of at least 4 members (excludes halogenated alkanes) is 3. The van der Waals surface area contributed by atoms with Crippen molar-refractivity contribution in [3.05, 3.63) is 34.6 Å². The average molecular weight is 215 g/mol. The monoisotopic (exact) mass is 214 g/mol. The molecule has 0 atom stereocenters. The summed E-state index contributed by atoms with van der Waals surface area (Å²) < 4.78 is 12.7. The van der Waals surface area contributed by atoms with E-state index in [4.69, 9.17) is 11.6 Å². The fourth-order valence-electron chi connectivity index (χ4n) is 1.47. The zero-order chi connectivity index (χ0) is 10.4. The summed E-state index contributed by atoms with van der Waals surface area (Å²) in [6.45, 7) is 2.19. The van der Waals surface area contributed by atoms with Crippen molar-refractivity contribution < 1.29 is 4.39 Å². The Morgan fingerprint density at radius 3 is 2.64 bits per heavy atom. The van der Waals surface area contributed by atoms with E-state index in [1.807, 2.05) is 0 Å². The van der Waals surface area contributed by atoms with Crippen molar-refractivity contribution in [1.82, 2.24) is 0 Å². The molecule has 1 rings (SSSR count). The first-order valence-corrected chi connectivity index (χ1v) is 5.55. The molecule has 2 heteroatoms. The zero-order valence-electron chi connectivity index (χ0n) is 8.52. The van der Waals surface area contributed by atoms with Crippen LogP contribution in [0.1, 0.15) is 38.2 Å². The minimum atomic E-state index is -0.257. The van der Waals surface area contributed by atoms with Crippen molar-refractivity contribution in [2.24, 2.45) is 0 Å². The van der Waals surface area contributed by atoms with Crippen LogP contribution < -0.4 is 0 Å². The predicted molar refractivity (Wildman–Crippen MR) is 59.3 cm³/mol. The van der Waals surface area contributed by atoms with Crippen LogP contribution in [-0.2, 0) is 6.42 Å². The molecule has 0 aliphatic heterocycles. The van der Waals surface area contributed by atoms with E-state index < -0.39 is 0 Å². The predicted octanol–water partition coefficient (Wildman–Crippen LogP) is 4.60. The summed E-state index contributed by atoms with van der Waals surface area (Å²) in [5.74, 6) is -0.257. The van der Waals surface area contributed by atoms with Crippen LogP contribution in [0.25, 0.3) is 0 Å². The van der Waals surface area contributed by atoms with Crippen LogP contribution in [0.2, 0.25) is 5.02 Å². The number of hydrogen-bond acceptors (Lipinski definition) is 0. The normalized spacial score (nSPS) is 10.5. The quantitative estimate of drug-likeness (QED) is 0.629. The Hall–Kier alpha value is -0.560. The second-order valence-corrected chi connectivity index (χ2v) is 3.95. The average Bonchev–Trinajstić information content (AvgIpc) is 2.15. The number of benzene rings is 1. The largest absolute Gasteiger partial charge is 0.207 e. The molecule has 0 bridgehead atoms. The Bertz CT molecular complexity index is 284. The Balaban J connectivity index is 2.42. The maximum absolute atomic E-state index is 12.7. The molecule has 0 N–H and O–H groups in total. The van der Waals surface area contributed by atoms with E-state index in [0.29, 0.717) is 5.02 Å². The topological polar surface area (TPSA) is 0 Å². The van der Waals surface area contributed by atoms with Crippen LogP contribution in [0.4, 0.5) is 4.39 Å². The standard InChI is InChI=1S/C12H16ClF/c1-2-3-4-5-6-10-7-8-11(14)9-12(10)13/h7-9H,2-6H2,1H3. The van der Waals surface area contributed by atoms with Crippen LogP contribution in [0.5, 0.6) is 0 Å². The van der Waals surface area contributed by atoms with Gasteiger partial charge in [0.25, 0.3) is 0 Å². The lowest BCUT2D eigenvalue weighted by atomic mass is 10.1. The van der Waals surface area contributed by atoms with Crippen molar-refractivity contribution in [2.45, 2.75) is 39.0 Å². The molecule has 0 amide bonds. The van der Waals surface area contributed by atoms with Gasteiger partial charge in [-0.2, -0.15) is 0 Å². The third kappa shape index (κ3) is 3.67. The van der Waals surface area contributed by atoms with Gasteiger partial charge >= 0.3 is 0 Å². The smallest absolute Gasteiger partial charge is 0.124 e. The van der Waals surface area contributed by atoms with E-state index in [0.717, 1.165) is 18.4 Å². The van der Waals surface area contributed by atoms with Gasteiger partial charge in [-0.15, -0.1) is 0 Å². The second-order valence-electron chi connectivity index (χ2n) is 3.55. The molecule has 1 aromatic rings. The Morgan fingerprint density at radius 1 is 1.21 bits per heavy atom. The molecule has 0 saturated carbocycles. The van der Waals surface area contributed by atoms with Crippen LogP contribution >= 0.6 is 11.6 Å². The molecule has 0 aromatic heterocycles. The van der Waals surface area contributed by atoms with Gasteiger partial charge in [-0.3, -0.25) is 0 Å². The van der Waals surface area contributed by atoms with E-state index in [1.165, 1.54) is 31.4 Å². The summed E-state index contributed by atoms with van der Waals surface area (Å²) in [6, 6.07) is 4.64. The highest BCUT2D eigenvalue weighted by molar-refractivity contribution is 6.31. The molecule has 78 valence electrons. The summed E-state index contributed by atoms with van der Waals surface area (Å²) in [6.07, 6.45) is 5.82. The number of aryl methyl sites for hydroxylation is 1. The van der Waals surface area contributed by atoms with Gasteiger partial charge in [0.2, 0.25) is 0 Å². The van der Waals surface area contributed by atoms with Crippen molar-refractivity contribution >= 4 is 11.6 Å². The molecule has 1 aromatic carbocycles. The zero-order valence-corrected chi connectivity index (χ0v) is 9.28. The van der Waals surface area contributed by atoms with E-state index in [2.05, 4.69) is 6.92 Å². The Kier molecular flexibility index (Phi) is 4.95. The molecular formula is C12H16ClF. The lowest BCUT2D eigenvalue weighted by Crippen LogP contribution is -1.88. The lowest BCUT2D eigenvalue weighted by molar-refractivity contribution is 0.625. The minimum Gasteiger partial charge on any atom is -0.207 e. The molecule has 0 fully saturated rings. The van der Waals surface area contributed by atoms with Gasteiger partial charge in [0.15, 0.2) is 0 Å². The molecular weight excluding hydrogens is 199 g/mol. The Morgan fingerprint density at radius 2 is 2.00 bits per heavy atom. The highest BCUT2D eigenvalue weighted by Crippen LogP contribution is 2.19. The molecule has 0 spiro atoms. The van der Waals surface area contributed by atoms with E-state index in [1.54, 1.807) is 6.07 Å². The van der Waals surface area contributed by atoms with Crippen LogP contribution in [0.15, 0.2) is 18.2 Å². The highest BCUT2D eigenvalue weighted by Gasteiger charge is 2.01. The summed E-state index contributed by atoms with van der Waals surface area (Å²) in [5.41, 5.74) is 1.06. The summed E-state index contributed by atoms with van der Waals surface area (Å²) in [5, 5.41) is 0.557. The van der Waals surface area contributed by atoms with Crippen molar-refractivity contribution in [2.75, 3.05) is 0 Å².